The van der Waals surface area contributed by atoms with E-state index in [1.165, 1.54) is 11.8 Å². The maximum Gasteiger partial charge on any atom is 0.338 e. The molecule has 1 fully saturated rings. The van der Waals surface area contributed by atoms with Gasteiger partial charge in [-0.05, 0) is 37.3 Å². The number of ether oxygens (including phenoxy) is 4. The molecule has 1 saturated heterocycles. The lowest BCUT2D eigenvalue weighted by Gasteiger charge is -2.37. The van der Waals surface area contributed by atoms with Crippen LogP contribution in [0.3, 0.4) is 0 Å². The minimum Gasteiger partial charge on any atom is -0.497 e. The van der Waals surface area contributed by atoms with E-state index in [2.05, 4.69) is 5.32 Å². The lowest BCUT2D eigenvalue weighted by Crippen LogP contribution is -2.39. The Morgan fingerprint density at radius 1 is 1.15 bits per heavy atom. The second kappa shape index (κ2) is 12.6. The summed E-state index contributed by atoms with van der Waals surface area (Å²) < 4.78 is 22.5. The first-order chi connectivity index (χ1) is 19.5. The van der Waals surface area contributed by atoms with Gasteiger partial charge in [-0.15, -0.1) is 0 Å². The molecular weight excluding hydrogens is 530 g/mol. The maximum atomic E-state index is 13.7. The smallest absolute Gasteiger partial charge is 0.338 e. The van der Waals surface area contributed by atoms with Gasteiger partial charge in [0.15, 0.2) is 5.17 Å². The Labute approximate surface area is 238 Å². The van der Waals surface area contributed by atoms with Crippen LogP contribution in [0.5, 0.6) is 11.5 Å². The van der Waals surface area contributed by atoms with Gasteiger partial charge in [0.05, 0.1) is 50.7 Å². The number of rotatable bonds is 10. The summed E-state index contributed by atoms with van der Waals surface area (Å²) in [5.41, 5.74) is 3.14. The summed E-state index contributed by atoms with van der Waals surface area (Å²) in [7, 11) is 3.17. The molecule has 0 aliphatic carbocycles. The molecule has 210 valence electrons. The van der Waals surface area contributed by atoms with Gasteiger partial charge in [0.2, 0.25) is 5.91 Å². The van der Waals surface area contributed by atoms with Crippen LogP contribution in [0.15, 0.2) is 70.2 Å². The zero-order valence-corrected chi connectivity index (χ0v) is 23.7. The third-order valence-electron chi connectivity index (χ3n) is 6.98. The van der Waals surface area contributed by atoms with E-state index < -0.39 is 12.0 Å². The van der Waals surface area contributed by atoms with E-state index in [0.29, 0.717) is 34.5 Å². The van der Waals surface area contributed by atoms with Crippen LogP contribution >= 0.6 is 11.8 Å². The van der Waals surface area contributed by atoms with Crippen molar-refractivity contribution in [3.05, 3.63) is 76.3 Å². The fraction of sp³-hybridized carbons (Fsp3) is 0.367. The number of esters is 1. The minimum absolute atomic E-state index is 0.0473. The number of hydrogen-bond donors (Lipinski definition) is 1. The highest BCUT2D eigenvalue weighted by molar-refractivity contribution is 8.16. The van der Waals surface area contributed by atoms with Crippen LogP contribution in [0.25, 0.3) is 5.70 Å². The Morgan fingerprint density at radius 3 is 2.67 bits per heavy atom. The molecule has 2 atom stereocenters. The number of aliphatic imine (C=N–C) groups is 1. The molecule has 3 aliphatic heterocycles. The first-order valence-electron chi connectivity index (χ1n) is 13.3. The fourth-order valence-electron chi connectivity index (χ4n) is 5.09. The molecule has 10 heteroatoms. The Balaban J connectivity index is 1.58. The van der Waals surface area contributed by atoms with E-state index in [-0.39, 0.29) is 25.0 Å². The van der Waals surface area contributed by atoms with Gasteiger partial charge in [0.1, 0.15) is 11.5 Å². The van der Waals surface area contributed by atoms with Gasteiger partial charge in [0.25, 0.3) is 0 Å². The van der Waals surface area contributed by atoms with Gasteiger partial charge >= 0.3 is 5.97 Å². The van der Waals surface area contributed by atoms with Crippen LogP contribution in [-0.2, 0) is 19.1 Å². The summed E-state index contributed by atoms with van der Waals surface area (Å²) in [5.74, 6) is 0.555. The van der Waals surface area contributed by atoms with E-state index >= 15 is 0 Å². The van der Waals surface area contributed by atoms with Gasteiger partial charge in [0, 0.05) is 36.0 Å². The van der Waals surface area contributed by atoms with Crippen molar-refractivity contribution in [1.82, 2.24) is 10.2 Å². The standard InChI is InChI=1S/C30H33N3O6S/c1-4-38-29(35)26-27(19-9-6-5-7-10-19)32-30-33(28(26)23-13-12-21(36-2)16-24(23)37-3)20(18-40-30)15-25(34)31-17-22-11-8-14-39-22/h5-7,9-10,12-13,16,18,22,28H,4,8,11,14-15,17H2,1-3H3,(H,31,34)/t22-,28+/m1/s1. The van der Waals surface area contributed by atoms with Crippen LogP contribution in [0.4, 0.5) is 0 Å². The number of thioether (sulfide) groups is 1. The van der Waals surface area contributed by atoms with E-state index in [1.54, 1.807) is 27.2 Å². The van der Waals surface area contributed by atoms with Gasteiger partial charge in [-0.1, -0.05) is 42.1 Å². The highest BCUT2D eigenvalue weighted by atomic mass is 32.2. The number of carbonyl (C=O) groups excluding carboxylic acids is 2. The van der Waals surface area contributed by atoms with Crippen molar-refractivity contribution in [1.29, 1.82) is 0 Å². The van der Waals surface area contributed by atoms with E-state index in [4.69, 9.17) is 23.9 Å². The van der Waals surface area contributed by atoms with Crippen LogP contribution in [0.1, 0.15) is 43.4 Å². The van der Waals surface area contributed by atoms with E-state index in [0.717, 1.165) is 36.3 Å². The summed E-state index contributed by atoms with van der Waals surface area (Å²) in [6.07, 6.45) is 2.11. The lowest BCUT2D eigenvalue weighted by molar-refractivity contribution is -0.139. The predicted molar refractivity (Wildman–Crippen MR) is 154 cm³/mol. The van der Waals surface area contributed by atoms with E-state index in [1.807, 2.05) is 52.8 Å². The molecule has 2 aromatic rings. The zero-order valence-electron chi connectivity index (χ0n) is 22.8. The molecule has 3 aliphatic rings. The Kier molecular flexibility index (Phi) is 8.76. The molecule has 0 saturated carbocycles. The SMILES string of the molecule is CCOC(=O)C1=C(c2ccccc2)N=C2SC=C(CC(=O)NC[C@H]3CCCO3)N2[C@H]1c1ccc(OC)cc1OC. The quantitative estimate of drug-likeness (QED) is 0.417. The monoisotopic (exact) mass is 563 g/mol. The molecule has 0 spiro atoms. The Hall–Kier alpha value is -3.76. The summed E-state index contributed by atoms with van der Waals surface area (Å²) in [6, 6.07) is 14.4. The molecule has 1 N–H and O–H groups in total. The highest BCUT2D eigenvalue weighted by Gasteiger charge is 2.43. The molecule has 1 amide bonds. The van der Waals surface area contributed by atoms with Crippen molar-refractivity contribution in [3.63, 3.8) is 0 Å². The average Bonchev–Trinajstić information content (AvgIpc) is 3.65. The summed E-state index contributed by atoms with van der Waals surface area (Å²) >= 11 is 1.42. The van der Waals surface area contributed by atoms with Crippen molar-refractivity contribution in [2.24, 2.45) is 4.99 Å². The summed E-state index contributed by atoms with van der Waals surface area (Å²) in [6.45, 7) is 3.18. The number of hydrogen-bond acceptors (Lipinski definition) is 9. The van der Waals surface area contributed by atoms with Crippen molar-refractivity contribution in [3.8, 4) is 11.5 Å². The van der Waals surface area contributed by atoms with Crippen molar-refractivity contribution in [2.75, 3.05) is 34.0 Å². The average molecular weight is 564 g/mol. The normalized spacial score (nSPS) is 20.0. The molecule has 0 unspecified atom stereocenters. The number of amidine groups is 1. The van der Waals surface area contributed by atoms with Crippen molar-refractivity contribution in [2.45, 2.75) is 38.3 Å². The fourth-order valence-corrected chi connectivity index (χ4v) is 6.01. The zero-order chi connectivity index (χ0) is 28.1. The minimum atomic E-state index is -0.658. The van der Waals surface area contributed by atoms with Gasteiger partial charge in [-0.2, -0.15) is 0 Å². The summed E-state index contributed by atoms with van der Waals surface area (Å²) in [4.78, 5) is 33.6. The highest BCUT2D eigenvalue weighted by Crippen LogP contribution is 2.49. The lowest BCUT2D eigenvalue weighted by atomic mass is 9.90. The molecule has 0 radical (unpaired) electrons. The second-order valence-electron chi connectivity index (χ2n) is 9.47. The van der Waals surface area contributed by atoms with Gasteiger partial charge in [-0.25, -0.2) is 9.79 Å². The third-order valence-corrected chi connectivity index (χ3v) is 7.87. The third kappa shape index (κ3) is 5.73. The first kappa shape index (κ1) is 27.8. The van der Waals surface area contributed by atoms with Gasteiger partial charge < -0.3 is 29.2 Å². The molecule has 2 aromatic carbocycles. The van der Waals surface area contributed by atoms with Crippen LogP contribution in [-0.4, -0.2) is 62.0 Å². The Morgan fingerprint density at radius 2 is 1.98 bits per heavy atom. The number of fused-ring (bicyclic) bond motifs is 1. The second-order valence-corrected chi connectivity index (χ2v) is 10.3. The number of methoxy groups -OCH3 is 2. The largest absolute Gasteiger partial charge is 0.497 e. The number of benzene rings is 2. The number of amides is 1. The molecule has 40 heavy (non-hydrogen) atoms. The van der Waals surface area contributed by atoms with E-state index in [9.17, 15) is 9.59 Å². The van der Waals surface area contributed by atoms with Crippen LogP contribution in [0, 0.1) is 0 Å². The molecule has 0 bridgehead atoms. The first-order valence-corrected chi connectivity index (χ1v) is 14.2. The number of nitrogens with one attached hydrogen (secondary N) is 1. The van der Waals surface area contributed by atoms with Crippen molar-refractivity contribution >= 4 is 34.5 Å². The number of carbonyl (C=O) groups is 2. The predicted octanol–water partition coefficient (Wildman–Crippen LogP) is 4.66. The van der Waals surface area contributed by atoms with Crippen molar-refractivity contribution < 1.29 is 28.5 Å². The number of nitrogens with zero attached hydrogens (tertiary/aromatic N) is 2. The molecule has 9 nitrogen and oxygen atoms in total. The Bertz CT molecular complexity index is 1350. The van der Waals surface area contributed by atoms with Crippen LogP contribution in [0.2, 0.25) is 0 Å². The maximum absolute atomic E-state index is 13.7. The summed E-state index contributed by atoms with van der Waals surface area (Å²) in [5, 5.41) is 5.59. The molecule has 0 aromatic heterocycles. The molecule has 3 heterocycles. The topological polar surface area (TPSA) is 98.7 Å². The molecule has 5 rings (SSSR count). The van der Waals surface area contributed by atoms with Crippen LogP contribution < -0.4 is 14.8 Å². The van der Waals surface area contributed by atoms with Gasteiger partial charge in [-0.3, -0.25) is 4.79 Å². The molecular formula is C30H33N3O6S.